The number of carboxylic acid groups (broad SMARTS) is 1. The zero-order chi connectivity index (χ0) is 14.3. The lowest BCUT2D eigenvalue weighted by molar-refractivity contribution is -0.141. The van der Waals surface area contributed by atoms with Gasteiger partial charge in [-0.25, -0.2) is 0 Å². The summed E-state index contributed by atoms with van der Waals surface area (Å²) in [7, 11) is 0. The zero-order valence-corrected chi connectivity index (χ0v) is 11.9. The van der Waals surface area contributed by atoms with Crippen LogP contribution in [0.15, 0.2) is 6.07 Å². The summed E-state index contributed by atoms with van der Waals surface area (Å²) in [6.07, 6.45) is 0.562. The Morgan fingerprint density at radius 2 is 2.10 bits per heavy atom. The molecular formula is C14H16ClNO4. The molecule has 2 heterocycles. The Balaban J connectivity index is 1.95. The number of halogens is 1. The molecule has 1 aromatic carbocycles. The highest BCUT2D eigenvalue weighted by atomic mass is 35.5. The maximum absolute atomic E-state index is 11.1. The van der Waals surface area contributed by atoms with Crippen LogP contribution >= 0.6 is 11.6 Å². The molecular weight excluding hydrogens is 282 g/mol. The van der Waals surface area contributed by atoms with Gasteiger partial charge < -0.3 is 19.9 Å². The lowest BCUT2D eigenvalue weighted by Gasteiger charge is -2.24. The average Bonchev–Trinajstić information content (AvgIpc) is 2.93. The van der Waals surface area contributed by atoms with Crippen molar-refractivity contribution in [2.24, 2.45) is 5.92 Å². The van der Waals surface area contributed by atoms with E-state index in [-0.39, 0.29) is 12.0 Å². The molecule has 0 aliphatic carbocycles. The molecule has 2 atom stereocenters. The normalized spacial score (nSPS) is 24.7. The van der Waals surface area contributed by atoms with Crippen LogP contribution in [0.1, 0.15) is 23.6 Å². The van der Waals surface area contributed by atoms with Gasteiger partial charge in [0.25, 0.3) is 0 Å². The van der Waals surface area contributed by atoms with Gasteiger partial charge in [-0.1, -0.05) is 11.6 Å². The van der Waals surface area contributed by atoms with Gasteiger partial charge in [-0.2, -0.15) is 0 Å². The van der Waals surface area contributed by atoms with E-state index >= 15 is 0 Å². The quantitative estimate of drug-likeness (QED) is 0.875. The predicted octanol–water partition coefficient (Wildman–Crippen LogP) is 2.15. The third-order valence-corrected chi connectivity index (χ3v) is 4.19. The van der Waals surface area contributed by atoms with Crippen LogP contribution in [0.4, 0.5) is 0 Å². The zero-order valence-electron chi connectivity index (χ0n) is 11.1. The van der Waals surface area contributed by atoms with E-state index in [1.807, 2.05) is 13.0 Å². The number of carbonyl (C=O) groups is 1. The molecule has 2 N–H and O–H groups in total. The molecule has 108 valence electrons. The Bertz CT molecular complexity index is 561. The highest BCUT2D eigenvalue weighted by Gasteiger charge is 2.33. The molecule has 3 rings (SSSR count). The molecule has 0 bridgehead atoms. The summed E-state index contributed by atoms with van der Waals surface area (Å²) in [5.74, 6) is 0.152. The van der Waals surface area contributed by atoms with Crippen molar-refractivity contribution in [2.75, 3.05) is 19.8 Å². The van der Waals surface area contributed by atoms with Crippen molar-refractivity contribution in [3.8, 4) is 11.5 Å². The van der Waals surface area contributed by atoms with E-state index in [0.717, 1.165) is 11.1 Å². The SMILES string of the molecule is Cc1c(C2CC(C(=O)O)CN2)cc(Cl)c2c1OCCO2. The minimum atomic E-state index is -0.763. The first-order chi connectivity index (χ1) is 9.58. The second-order valence-corrected chi connectivity index (χ2v) is 5.57. The number of hydrogen-bond donors (Lipinski definition) is 2. The van der Waals surface area contributed by atoms with Crippen LogP contribution in [0, 0.1) is 12.8 Å². The van der Waals surface area contributed by atoms with Gasteiger partial charge in [-0.05, 0) is 30.5 Å². The van der Waals surface area contributed by atoms with Crippen molar-refractivity contribution in [3.63, 3.8) is 0 Å². The summed E-state index contributed by atoms with van der Waals surface area (Å²) < 4.78 is 11.2. The van der Waals surface area contributed by atoms with E-state index in [0.29, 0.717) is 42.7 Å². The van der Waals surface area contributed by atoms with Gasteiger partial charge in [0, 0.05) is 12.6 Å². The standard InChI is InChI=1S/C14H16ClNO4/c1-7-9(11-4-8(6-16-11)14(17)18)5-10(15)13-12(7)19-2-3-20-13/h5,8,11,16H,2-4,6H2,1H3,(H,17,18). The molecule has 2 unspecified atom stereocenters. The predicted molar refractivity (Wildman–Crippen MR) is 73.7 cm³/mol. The largest absolute Gasteiger partial charge is 0.486 e. The summed E-state index contributed by atoms with van der Waals surface area (Å²) in [5, 5.41) is 12.8. The van der Waals surface area contributed by atoms with E-state index in [9.17, 15) is 4.79 Å². The summed E-state index contributed by atoms with van der Waals surface area (Å²) in [6, 6.07) is 1.84. The van der Waals surface area contributed by atoms with Crippen molar-refractivity contribution >= 4 is 17.6 Å². The fourth-order valence-electron chi connectivity index (χ4n) is 2.84. The van der Waals surface area contributed by atoms with Crippen LogP contribution in [-0.4, -0.2) is 30.8 Å². The molecule has 5 nitrogen and oxygen atoms in total. The van der Waals surface area contributed by atoms with E-state index in [2.05, 4.69) is 5.32 Å². The molecule has 0 amide bonds. The Labute approximate surface area is 121 Å². The first kappa shape index (κ1) is 13.5. The smallest absolute Gasteiger partial charge is 0.307 e. The molecule has 2 aliphatic heterocycles. The molecule has 1 aromatic rings. The summed E-state index contributed by atoms with van der Waals surface area (Å²) in [4.78, 5) is 11.1. The van der Waals surface area contributed by atoms with Crippen LogP contribution in [0.2, 0.25) is 5.02 Å². The third-order valence-electron chi connectivity index (χ3n) is 3.91. The molecule has 0 aromatic heterocycles. The Morgan fingerprint density at radius 1 is 1.40 bits per heavy atom. The first-order valence-electron chi connectivity index (χ1n) is 6.62. The van der Waals surface area contributed by atoms with Gasteiger partial charge in [-0.3, -0.25) is 4.79 Å². The lowest BCUT2D eigenvalue weighted by atomic mass is 9.95. The third kappa shape index (κ3) is 2.21. The van der Waals surface area contributed by atoms with Crippen molar-refractivity contribution in [3.05, 3.63) is 22.2 Å². The maximum Gasteiger partial charge on any atom is 0.307 e. The van der Waals surface area contributed by atoms with E-state index in [1.165, 1.54) is 0 Å². The number of hydrogen-bond acceptors (Lipinski definition) is 4. The number of nitrogens with one attached hydrogen (secondary N) is 1. The van der Waals surface area contributed by atoms with Gasteiger partial charge >= 0.3 is 5.97 Å². The van der Waals surface area contributed by atoms with Crippen LogP contribution in [-0.2, 0) is 4.79 Å². The molecule has 1 fully saturated rings. The Morgan fingerprint density at radius 3 is 2.75 bits per heavy atom. The lowest BCUT2D eigenvalue weighted by Crippen LogP contribution is -2.20. The van der Waals surface area contributed by atoms with Gasteiger partial charge in [0.1, 0.15) is 13.2 Å². The molecule has 0 saturated carbocycles. The number of aliphatic carboxylic acids is 1. The highest BCUT2D eigenvalue weighted by Crippen LogP contribution is 2.44. The monoisotopic (exact) mass is 297 g/mol. The van der Waals surface area contributed by atoms with E-state index < -0.39 is 5.97 Å². The molecule has 0 radical (unpaired) electrons. The number of ether oxygens (including phenoxy) is 2. The highest BCUT2D eigenvalue weighted by molar-refractivity contribution is 6.32. The molecule has 0 spiro atoms. The van der Waals surface area contributed by atoms with Gasteiger partial charge in [0.15, 0.2) is 11.5 Å². The topological polar surface area (TPSA) is 67.8 Å². The van der Waals surface area contributed by atoms with Crippen LogP contribution < -0.4 is 14.8 Å². The minimum absolute atomic E-state index is 0.00979. The second kappa shape index (κ2) is 5.14. The average molecular weight is 298 g/mol. The second-order valence-electron chi connectivity index (χ2n) is 5.16. The number of rotatable bonds is 2. The fourth-order valence-corrected chi connectivity index (χ4v) is 3.10. The van der Waals surface area contributed by atoms with Crippen molar-refractivity contribution in [1.29, 1.82) is 0 Å². The molecule has 1 saturated heterocycles. The number of fused-ring (bicyclic) bond motifs is 1. The van der Waals surface area contributed by atoms with E-state index in [4.69, 9.17) is 26.2 Å². The molecule has 6 heteroatoms. The summed E-state index contributed by atoms with van der Waals surface area (Å²) in [5.41, 5.74) is 1.95. The maximum atomic E-state index is 11.1. The minimum Gasteiger partial charge on any atom is -0.486 e. The van der Waals surface area contributed by atoms with E-state index in [1.54, 1.807) is 0 Å². The summed E-state index contributed by atoms with van der Waals surface area (Å²) >= 11 is 6.25. The Hall–Kier alpha value is -1.46. The number of benzene rings is 1. The van der Waals surface area contributed by atoms with Gasteiger partial charge in [0.2, 0.25) is 0 Å². The first-order valence-corrected chi connectivity index (χ1v) is 7.00. The summed E-state index contributed by atoms with van der Waals surface area (Å²) in [6.45, 7) is 3.43. The van der Waals surface area contributed by atoms with Gasteiger partial charge in [0.05, 0.1) is 10.9 Å². The number of carboxylic acids is 1. The molecule has 20 heavy (non-hydrogen) atoms. The van der Waals surface area contributed by atoms with Crippen molar-refractivity contribution in [1.82, 2.24) is 5.32 Å². The molecule has 2 aliphatic rings. The Kier molecular flexibility index (Phi) is 3.48. The van der Waals surface area contributed by atoms with Crippen LogP contribution in [0.25, 0.3) is 0 Å². The van der Waals surface area contributed by atoms with Crippen LogP contribution in [0.3, 0.4) is 0 Å². The fraction of sp³-hybridized carbons (Fsp3) is 0.500. The van der Waals surface area contributed by atoms with Gasteiger partial charge in [-0.15, -0.1) is 0 Å². The van der Waals surface area contributed by atoms with Crippen molar-refractivity contribution < 1.29 is 19.4 Å². The van der Waals surface area contributed by atoms with Crippen molar-refractivity contribution in [2.45, 2.75) is 19.4 Å². The van der Waals surface area contributed by atoms with Crippen LogP contribution in [0.5, 0.6) is 11.5 Å².